The van der Waals surface area contributed by atoms with Gasteiger partial charge in [-0.3, -0.25) is 4.98 Å². The number of pyridine rings is 1. The third-order valence-corrected chi connectivity index (χ3v) is 2.97. The molecule has 1 rings (SSSR count). The molecule has 0 atom stereocenters. The molecule has 0 bridgehead atoms. The van der Waals surface area contributed by atoms with Crippen molar-refractivity contribution in [3.8, 4) is 0 Å². The number of unbranched alkanes of at least 4 members (excludes halogenated alkanes) is 1. The van der Waals surface area contributed by atoms with Crippen LogP contribution in [0.15, 0.2) is 24.5 Å². The molecule has 0 aliphatic heterocycles. The van der Waals surface area contributed by atoms with Crippen LogP contribution in [0.2, 0.25) is 0 Å². The van der Waals surface area contributed by atoms with Crippen molar-refractivity contribution in [2.75, 3.05) is 11.5 Å². The number of aryl methyl sites for hydroxylation is 1. The Bertz CT molecular complexity index is 211. The molecule has 0 unspecified atom stereocenters. The lowest BCUT2D eigenvalue weighted by atomic mass is 10.2. The zero-order chi connectivity index (χ0) is 9.36. The Hall–Kier alpha value is -0.500. The molecule has 0 aliphatic carbocycles. The van der Waals surface area contributed by atoms with E-state index in [1.807, 2.05) is 30.2 Å². The van der Waals surface area contributed by atoms with Crippen molar-refractivity contribution in [3.63, 3.8) is 0 Å². The predicted molar refractivity (Wildman–Crippen MR) is 60.2 cm³/mol. The van der Waals surface area contributed by atoms with Gasteiger partial charge in [-0.1, -0.05) is 19.4 Å². The van der Waals surface area contributed by atoms with E-state index in [4.69, 9.17) is 0 Å². The summed E-state index contributed by atoms with van der Waals surface area (Å²) in [4.78, 5) is 4.09. The SMILES string of the molecule is CCCCSCCc1cccnc1. The van der Waals surface area contributed by atoms with E-state index >= 15 is 0 Å². The molecule has 0 fully saturated rings. The molecule has 0 aliphatic rings. The summed E-state index contributed by atoms with van der Waals surface area (Å²) in [6, 6.07) is 4.15. The van der Waals surface area contributed by atoms with E-state index in [1.165, 1.54) is 29.9 Å². The van der Waals surface area contributed by atoms with Crippen LogP contribution in [0.3, 0.4) is 0 Å². The molecule has 0 amide bonds. The Morgan fingerprint density at radius 3 is 3.00 bits per heavy atom. The van der Waals surface area contributed by atoms with Crippen molar-refractivity contribution in [2.45, 2.75) is 26.2 Å². The Labute approximate surface area is 85.0 Å². The van der Waals surface area contributed by atoms with Crippen LogP contribution in [-0.2, 0) is 6.42 Å². The van der Waals surface area contributed by atoms with Gasteiger partial charge in [0.2, 0.25) is 0 Å². The highest BCUT2D eigenvalue weighted by molar-refractivity contribution is 7.99. The van der Waals surface area contributed by atoms with Crippen molar-refractivity contribution in [1.29, 1.82) is 0 Å². The van der Waals surface area contributed by atoms with Gasteiger partial charge >= 0.3 is 0 Å². The highest BCUT2D eigenvalue weighted by atomic mass is 32.2. The van der Waals surface area contributed by atoms with Crippen LogP contribution in [0, 0.1) is 0 Å². The fraction of sp³-hybridized carbons (Fsp3) is 0.545. The monoisotopic (exact) mass is 195 g/mol. The number of rotatable bonds is 6. The van der Waals surface area contributed by atoms with E-state index < -0.39 is 0 Å². The highest BCUT2D eigenvalue weighted by Crippen LogP contribution is 2.07. The van der Waals surface area contributed by atoms with Crippen LogP contribution in [0.1, 0.15) is 25.3 Å². The van der Waals surface area contributed by atoms with Crippen molar-refractivity contribution in [1.82, 2.24) is 4.98 Å². The molecule has 1 heterocycles. The molecular weight excluding hydrogens is 178 g/mol. The van der Waals surface area contributed by atoms with Gasteiger partial charge in [0.25, 0.3) is 0 Å². The summed E-state index contributed by atoms with van der Waals surface area (Å²) in [5.41, 5.74) is 1.35. The molecule has 0 radical (unpaired) electrons. The van der Waals surface area contributed by atoms with Crippen LogP contribution in [-0.4, -0.2) is 16.5 Å². The van der Waals surface area contributed by atoms with Gasteiger partial charge in [-0.15, -0.1) is 0 Å². The van der Waals surface area contributed by atoms with Gasteiger partial charge in [0.05, 0.1) is 0 Å². The average molecular weight is 195 g/mol. The minimum Gasteiger partial charge on any atom is -0.264 e. The molecule has 72 valence electrons. The summed E-state index contributed by atoms with van der Waals surface area (Å²) < 4.78 is 0. The van der Waals surface area contributed by atoms with Crippen molar-refractivity contribution < 1.29 is 0 Å². The minimum atomic E-state index is 1.15. The standard InChI is InChI=1S/C11H17NS/c1-2-3-8-13-9-6-11-5-4-7-12-10-11/h4-5,7,10H,2-3,6,8-9H2,1H3. The molecule has 0 aromatic carbocycles. The molecule has 0 saturated heterocycles. The molecule has 1 aromatic rings. The van der Waals surface area contributed by atoms with E-state index in [2.05, 4.69) is 18.0 Å². The minimum absolute atomic E-state index is 1.15. The Kier molecular flexibility index (Phi) is 5.66. The van der Waals surface area contributed by atoms with Gasteiger partial charge in [0.15, 0.2) is 0 Å². The van der Waals surface area contributed by atoms with Gasteiger partial charge in [-0.25, -0.2) is 0 Å². The molecular formula is C11H17NS. The quantitative estimate of drug-likeness (QED) is 0.647. The summed E-state index contributed by atoms with van der Waals surface area (Å²) in [6.07, 6.45) is 7.59. The summed E-state index contributed by atoms with van der Waals surface area (Å²) in [7, 11) is 0. The number of nitrogens with zero attached hydrogens (tertiary/aromatic N) is 1. The largest absolute Gasteiger partial charge is 0.264 e. The lowest BCUT2D eigenvalue weighted by Crippen LogP contribution is -1.90. The topological polar surface area (TPSA) is 12.9 Å². The van der Waals surface area contributed by atoms with E-state index in [1.54, 1.807) is 0 Å². The average Bonchev–Trinajstić information content (AvgIpc) is 2.19. The van der Waals surface area contributed by atoms with Crippen LogP contribution in [0.25, 0.3) is 0 Å². The fourth-order valence-corrected chi connectivity index (χ4v) is 2.16. The van der Waals surface area contributed by atoms with E-state index in [0.29, 0.717) is 0 Å². The maximum Gasteiger partial charge on any atom is 0.0300 e. The highest BCUT2D eigenvalue weighted by Gasteiger charge is 1.92. The first-order valence-electron chi connectivity index (χ1n) is 4.90. The first-order valence-corrected chi connectivity index (χ1v) is 6.05. The van der Waals surface area contributed by atoms with Crippen molar-refractivity contribution >= 4 is 11.8 Å². The molecule has 1 aromatic heterocycles. The van der Waals surface area contributed by atoms with Gasteiger partial charge in [-0.05, 0) is 36.0 Å². The first-order chi connectivity index (χ1) is 6.43. The number of thioether (sulfide) groups is 1. The smallest absolute Gasteiger partial charge is 0.0300 e. The normalized spacial score (nSPS) is 10.2. The fourth-order valence-electron chi connectivity index (χ4n) is 1.08. The van der Waals surface area contributed by atoms with Gasteiger partial charge in [0, 0.05) is 12.4 Å². The van der Waals surface area contributed by atoms with E-state index in [-0.39, 0.29) is 0 Å². The van der Waals surface area contributed by atoms with Gasteiger partial charge < -0.3 is 0 Å². The summed E-state index contributed by atoms with van der Waals surface area (Å²) in [5, 5.41) is 0. The van der Waals surface area contributed by atoms with E-state index in [0.717, 1.165) is 6.42 Å². The lowest BCUT2D eigenvalue weighted by Gasteiger charge is -2.00. The van der Waals surface area contributed by atoms with Gasteiger partial charge in [0.1, 0.15) is 0 Å². The maximum atomic E-state index is 4.09. The second-order valence-corrected chi connectivity index (χ2v) is 4.30. The summed E-state index contributed by atoms with van der Waals surface area (Å²) in [5.74, 6) is 2.53. The third kappa shape index (κ3) is 4.94. The van der Waals surface area contributed by atoms with Crippen LogP contribution >= 0.6 is 11.8 Å². The molecule has 13 heavy (non-hydrogen) atoms. The van der Waals surface area contributed by atoms with E-state index in [9.17, 15) is 0 Å². The third-order valence-electron chi connectivity index (χ3n) is 1.90. The second-order valence-electron chi connectivity index (χ2n) is 3.08. The van der Waals surface area contributed by atoms with Crippen molar-refractivity contribution in [2.24, 2.45) is 0 Å². The zero-order valence-corrected chi connectivity index (χ0v) is 9.02. The number of hydrogen-bond acceptors (Lipinski definition) is 2. The molecule has 0 N–H and O–H groups in total. The molecule has 2 heteroatoms. The van der Waals surface area contributed by atoms with Crippen LogP contribution in [0.4, 0.5) is 0 Å². The summed E-state index contributed by atoms with van der Waals surface area (Å²) in [6.45, 7) is 2.24. The molecule has 1 nitrogen and oxygen atoms in total. The number of hydrogen-bond donors (Lipinski definition) is 0. The molecule has 0 saturated carbocycles. The number of aromatic nitrogens is 1. The lowest BCUT2D eigenvalue weighted by molar-refractivity contribution is 0.895. The predicted octanol–water partition coefficient (Wildman–Crippen LogP) is 3.16. The Morgan fingerprint density at radius 2 is 2.31 bits per heavy atom. The van der Waals surface area contributed by atoms with Gasteiger partial charge in [-0.2, -0.15) is 11.8 Å². The molecule has 0 spiro atoms. The van der Waals surface area contributed by atoms with Crippen LogP contribution in [0.5, 0.6) is 0 Å². The summed E-state index contributed by atoms with van der Waals surface area (Å²) >= 11 is 2.04. The zero-order valence-electron chi connectivity index (χ0n) is 8.20. The maximum absolute atomic E-state index is 4.09. The van der Waals surface area contributed by atoms with Crippen LogP contribution < -0.4 is 0 Å². The van der Waals surface area contributed by atoms with Crippen molar-refractivity contribution in [3.05, 3.63) is 30.1 Å². The first kappa shape index (κ1) is 10.6. The Balaban J connectivity index is 2.07. The second kappa shape index (κ2) is 6.96. The Morgan fingerprint density at radius 1 is 1.38 bits per heavy atom.